The van der Waals surface area contributed by atoms with Crippen LogP contribution in [0.1, 0.15) is 70.6 Å². The van der Waals surface area contributed by atoms with E-state index in [2.05, 4.69) is 12.2 Å². The van der Waals surface area contributed by atoms with Gasteiger partial charge in [-0.3, -0.25) is 14.9 Å². The number of rotatable bonds is 14. The molecule has 0 aromatic heterocycles. The van der Waals surface area contributed by atoms with Crippen LogP contribution in [0.4, 0.5) is 0 Å². The smallest absolute Gasteiger partial charge is 0.303 e. The van der Waals surface area contributed by atoms with E-state index in [-0.39, 0.29) is 17.9 Å². The van der Waals surface area contributed by atoms with Crippen molar-refractivity contribution in [3.05, 3.63) is 22.3 Å². The molecule has 0 radical (unpaired) electrons. The van der Waals surface area contributed by atoms with Crippen molar-refractivity contribution in [3.63, 3.8) is 0 Å². The third kappa shape index (κ3) is 16.6. The molecule has 0 saturated heterocycles. The van der Waals surface area contributed by atoms with Gasteiger partial charge in [-0.05, 0) is 38.5 Å². The number of unbranched alkanes of at least 4 members (excludes halogenated alkanes) is 8. The van der Waals surface area contributed by atoms with Gasteiger partial charge in [-0.25, -0.2) is 0 Å². The van der Waals surface area contributed by atoms with E-state index >= 15 is 0 Å². The van der Waals surface area contributed by atoms with Crippen LogP contribution in [0, 0.1) is 10.1 Å². The molecule has 0 fully saturated rings. The van der Waals surface area contributed by atoms with E-state index in [1.54, 1.807) is 0 Å². The zero-order chi connectivity index (χ0) is 15.1. The fourth-order valence-corrected chi connectivity index (χ4v) is 1.98. The Kier molecular flexibility index (Phi) is 13.1. The highest BCUT2D eigenvalue weighted by atomic mass is 16.6. The molecule has 0 unspecified atom stereocenters. The molecule has 0 amide bonds. The number of aliphatic carboxylic acids is 1. The van der Waals surface area contributed by atoms with Crippen LogP contribution in [0.3, 0.4) is 0 Å². The first-order chi connectivity index (χ1) is 9.63. The summed E-state index contributed by atoms with van der Waals surface area (Å²) < 4.78 is 0. The predicted molar refractivity (Wildman–Crippen MR) is 79.4 cm³/mol. The highest BCUT2D eigenvalue weighted by Gasteiger charge is 1.96. The van der Waals surface area contributed by atoms with Crippen LogP contribution >= 0.6 is 0 Å². The summed E-state index contributed by atoms with van der Waals surface area (Å²) in [5.41, 5.74) is 0. The minimum atomic E-state index is -0.703. The molecular weight excluding hydrogens is 258 g/mol. The Balaban J connectivity index is 3.12. The average molecular weight is 285 g/mol. The van der Waals surface area contributed by atoms with Crippen LogP contribution in [0.15, 0.2) is 12.2 Å². The minimum absolute atomic E-state index is 0.0889. The molecule has 0 aromatic carbocycles. The van der Waals surface area contributed by atoms with Crippen LogP contribution in [0.25, 0.3) is 0 Å². The van der Waals surface area contributed by atoms with Crippen molar-refractivity contribution in [2.45, 2.75) is 70.6 Å². The summed E-state index contributed by atoms with van der Waals surface area (Å²) in [5.74, 6) is -0.703. The molecule has 0 rings (SSSR count). The maximum absolute atomic E-state index is 10.3. The standard InChI is InChI=1S/C15H27NO4/c17-15(18)13-11-9-7-5-3-1-2-4-6-8-10-12-14-16(19)20/h2,4H,1,3,5-14H2,(H,17,18). The van der Waals surface area contributed by atoms with E-state index in [4.69, 9.17) is 5.11 Å². The van der Waals surface area contributed by atoms with E-state index < -0.39 is 5.97 Å². The van der Waals surface area contributed by atoms with Gasteiger partial charge in [0, 0.05) is 17.8 Å². The molecule has 20 heavy (non-hydrogen) atoms. The van der Waals surface area contributed by atoms with E-state index in [0.29, 0.717) is 6.42 Å². The SMILES string of the molecule is O=C(O)CCCCCCCC=CCCCCC[N+](=O)[O-]. The summed E-state index contributed by atoms with van der Waals surface area (Å²) in [5, 5.41) is 18.6. The highest BCUT2D eigenvalue weighted by molar-refractivity contribution is 5.66. The van der Waals surface area contributed by atoms with Gasteiger partial charge < -0.3 is 5.11 Å². The van der Waals surface area contributed by atoms with Gasteiger partial charge in [-0.1, -0.05) is 31.4 Å². The lowest BCUT2D eigenvalue weighted by atomic mass is 10.1. The zero-order valence-corrected chi connectivity index (χ0v) is 12.3. The predicted octanol–water partition coefficient (Wildman–Crippen LogP) is 4.20. The average Bonchev–Trinajstić information content (AvgIpc) is 2.38. The number of nitrogens with zero attached hydrogens (tertiary/aromatic N) is 1. The quantitative estimate of drug-likeness (QED) is 0.224. The second-order valence-electron chi connectivity index (χ2n) is 5.08. The first-order valence-corrected chi connectivity index (χ1v) is 7.61. The topological polar surface area (TPSA) is 80.4 Å². The first kappa shape index (κ1) is 18.6. The molecule has 0 aromatic rings. The van der Waals surface area contributed by atoms with Gasteiger partial charge in [-0.2, -0.15) is 0 Å². The van der Waals surface area contributed by atoms with Crippen LogP contribution < -0.4 is 0 Å². The number of hydrogen-bond donors (Lipinski definition) is 1. The van der Waals surface area contributed by atoms with Gasteiger partial charge in [0.1, 0.15) is 0 Å². The maximum Gasteiger partial charge on any atom is 0.303 e. The summed E-state index contributed by atoms with van der Waals surface area (Å²) in [6.07, 6.45) is 14.6. The molecular formula is C15H27NO4. The maximum atomic E-state index is 10.3. The van der Waals surface area contributed by atoms with Gasteiger partial charge in [-0.15, -0.1) is 0 Å². The van der Waals surface area contributed by atoms with E-state index in [0.717, 1.165) is 57.8 Å². The number of nitro groups is 1. The summed E-state index contributed by atoms with van der Waals surface area (Å²) >= 11 is 0. The summed E-state index contributed by atoms with van der Waals surface area (Å²) in [7, 11) is 0. The third-order valence-corrected chi connectivity index (χ3v) is 3.14. The molecule has 0 spiro atoms. The van der Waals surface area contributed by atoms with Gasteiger partial charge >= 0.3 is 5.97 Å². The molecule has 0 bridgehead atoms. The molecule has 5 nitrogen and oxygen atoms in total. The van der Waals surface area contributed by atoms with Gasteiger partial charge in [0.15, 0.2) is 0 Å². The third-order valence-electron chi connectivity index (χ3n) is 3.14. The molecule has 5 heteroatoms. The molecule has 1 N–H and O–H groups in total. The minimum Gasteiger partial charge on any atom is -0.481 e. The highest BCUT2D eigenvalue weighted by Crippen LogP contribution is 2.08. The van der Waals surface area contributed by atoms with Gasteiger partial charge in [0.2, 0.25) is 6.54 Å². The van der Waals surface area contributed by atoms with Crippen molar-refractivity contribution in [1.29, 1.82) is 0 Å². The summed E-state index contributed by atoms with van der Waals surface area (Å²) in [6, 6.07) is 0. The fraction of sp³-hybridized carbons (Fsp3) is 0.800. The summed E-state index contributed by atoms with van der Waals surface area (Å²) in [6.45, 7) is 0.0889. The van der Waals surface area contributed by atoms with Crippen LogP contribution in [-0.4, -0.2) is 22.5 Å². The Labute approximate surface area is 121 Å². The van der Waals surface area contributed by atoms with Crippen molar-refractivity contribution < 1.29 is 14.8 Å². The van der Waals surface area contributed by atoms with E-state index in [1.165, 1.54) is 0 Å². The summed E-state index contributed by atoms with van der Waals surface area (Å²) in [4.78, 5) is 20.1. The Morgan fingerprint density at radius 1 is 0.900 bits per heavy atom. The Morgan fingerprint density at radius 3 is 1.95 bits per heavy atom. The number of carbonyl (C=O) groups is 1. The Bertz CT molecular complexity index is 290. The second-order valence-corrected chi connectivity index (χ2v) is 5.08. The molecule has 0 aliphatic heterocycles. The van der Waals surface area contributed by atoms with Crippen molar-refractivity contribution in [2.75, 3.05) is 6.54 Å². The number of carboxylic acids is 1. The van der Waals surface area contributed by atoms with E-state index in [1.807, 2.05) is 0 Å². The molecule has 0 aliphatic carbocycles. The number of carboxylic acid groups (broad SMARTS) is 1. The largest absolute Gasteiger partial charge is 0.481 e. The Morgan fingerprint density at radius 2 is 1.40 bits per heavy atom. The van der Waals surface area contributed by atoms with Crippen molar-refractivity contribution in [1.82, 2.24) is 0 Å². The molecule has 0 saturated carbocycles. The fourth-order valence-electron chi connectivity index (χ4n) is 1.98. The van der Waals surface area contributed by atoms with Gasteiger partial charge in [0.25, 0.3) is 0 Å². The van der Waals surface area contributed by atoms with Crippen molar-refractivity contribution in [2.24, 2.45) is 0 Å². The lowest BCUT2D eigenvalue weighted by molar-refractivity contribution is -0.480. The van der Waals surface area contributed by atoms with Crippen molar-refractivity contribution in [3.8, 4) is 0 Å². The Hall–Kier alpha value is -1.39. The van der Waals surface area contributed by atoms with Crippen LogP contribution in [0.2, 0.25) is 0 Å². The monoisotopic (exact) mass is 285 g/mol. The molecule has 0 atom stereocenters. The van der Waals surface area contributed by atoms with Crippen LogP contribution in [0.5, 0.6) is 0 Å². The molecule has 116 valence electrons. The molecule has 0 heterocycles. The number of hydrogen-bond acceptors (Lipinski definition) is 3. The number of allylic oxidation sites excluding steroid dienone is 2. The normalized spacial score (nSPS) is 11.0. The lowest BCUT2D eigenvalue weighted by Gasteiger charge is -1.98. The first-order valence-electron chi connectivity index (χ1n) is 7.61. The second kappa shape index (κ2) is 14.0. The lowest BCUT2D eigenvalue weighted by Crippen LogP contribution is -1.99. The zero-order valence-electron chi connectivity index (χ0n) is 12.3. The van der Waals surface area contributed by atoms with Gasteiger partial charge in [0.05, 0.1) is 0 Å². The van der Waals surface area contributed by atoms with Crippen molar-refractivity contribution >= 4 is 5.97 Å². The van der Waals surface area contributed by atoms with E-state index in [9.17, 15) is 14.9 Å². The molecule has 0 aliphatic rings. The van der Waals surface area contributed by atoms with Crippen LogP contribution in [-0.2, 0) is 4.79 Å².